The largest absolute Gasteiger partial charge is 0.392 e. The number of hydrogen-bond acceptors (Lipinski definition) is 4. The van der Waals surface area contributed by atoms with Crippen LogP contribution in [0, 0.1) is 17.6 Å². The summed E-state index contributed by atoms with van der Waals surface area (Å²) in [5.74, 6) is -2.03. The third kappa shape index (κ3) is 5.99. The second kappa shape index (κ2) is 11.2. The molecule has 0 bridgehead atoms. The minimum Gasteiger partial charge on any atom is -0.392 e. The van der Waals surface area contributed by atoms with E-state index in [1.807, 2.05) is 30.3 Å². The lowest BCUT2D eigenvalue weighted by molar-refractivity contribution is 0.128. The maximum Gasteiger partial charge on any atom is 0.212 e. The Morgan fingerprint density at radius 1 is 0.941 bits per heavy atom. The van der Waals surface area contributed by atoms with Crippen molar-refractivity contribution in [2.24, 2.45) is 5.16 Å². The molecule has 0 unspecified atom stereocenters. The summed E-state index contributed by atoms with van der Waals surface area (Å²) in [6, 6.07) is 14.3. The molecule has 0 N–H and O–H groups in total. The van der Waals surface area contributed by atoms with E-state index in [1.165, 1.54) is 12.1 Å². The highest BCUT2D eigenvalue weighted by Gasteiger charge is 2.21. The summed E-state index contributed by atoms with van der Waals surface area (Å²) in [4.78, 5) is 11.1. The topological polar surface area (TPSA) is 37.7 Å². The number of piperidine rings is 1. The minimum atomic E-state index is -0.993. The first kappa shape index (κ1) is 23.9. The van der Waals surface area contributed by atoms with Gasteiger partial charge in [0.05, 0.1) is 0 Å². The number of benzene rings is 2. The number of oxime groups is 1. The highest BCUT2D eigenvalue weighted by Crippen LogP contribution is 2.28. The first-order valence-electron chi connectivity index (χ1n) is 11.2. The molecule has 0 atom stereocenters. The Bertz CT molecular complexity index is 1110. The fraction of sp³-hybridized carbons (Fsp3) is 0.308. The summed E-state index contributed by atoms with van der Waals surface area (Å²) in [6.45, 7) is 1.67. The van der Waals surface area contributed by atoms with Crippen LogP contribution in [-0.2, 0) is 11.4 Å². The second-order valence-electron chi connectivity index (χ2n) is 8.25. The minimum absolute atomic E-state index is 0.227. The second-order valence-corrected chi connectivity index (χ2v) is 8.25. The van der Waals surface area contributed by atoms with Gasteiger partial charge in [-0.3, -0.25) is 4.90 Å². The molecule has 4 rings (SSSR count). The zero-order valence-corrected chi connectivity index (χ0v) is 18.6. The number of halogens is 4. The molecule has 1 aliphatic rings. The average molecular weight is 471 g/mol. The molecule has 0 aliphatic carbocycles. The molecule has 0 saturated carbocycles. The Morgan fingerprint density at radius 2 is 1.68 bits per heavy atom. The van der Waals surface area contributed by atoms with E-state index < -0.39 is 24.3 Å². The zero-order valence-electron chi connectivity index (χ0n) is 18.6. The molecular formula is C26H25F4N3O. The lowest BCUT2D eigenvalue weighted by Crippen LogP contribution is -2.32. The number of rotatable bonds is 8. The Balaban J connectivity index is 1.41. The zero-order chi connectivity index (χ0) is 23.9. The van der Waals surface area contributed by atoms with Gasteiger partial charge in [-0.1, -0.05) is 35.5 Å². The van der Waals surface area contributed by atoms with Crippen LogP contribution in [0.1, 0.15) is 41.0 Å². The Kier molecular flexibility index (Phi) is 7.90. The highest BCUT2D eigenvalue weighted by atomic mass is 19.2. The van der Waals surface area contributed by atoms with E-state index in [-0.39, 0.29) is 6.61 Å². The monoisotopic (exact) mass is 471 g/mol. The normalized spacial score (nSPS) is 15.5. The van der Waals surface area contributed by atoms with E-state index in [0.29, 0.717) is 22.8 Å². The van der Waals surface area contributed by atoms with E-state index in [2.05, 4.69) is 15.0 Å². The summed E-state index contributed by atoms with van der Waals surface area (Å²) in [7, 11) is 0. The third-order valence-electron chi connectivity index (χ3n) is 5.96. The fourth-order valence-electron chi connectivity index (χ4n) is 4.14. The highest BCUT2D eigenvalue weighted by molar-refractivity contribution is 6.12. The molecule has 34 heavy (non-hydrogen) atoms. The van der Waals surface area contributed by atoms with Gasteiger partial charge >= 0.3 is 0 Å². The van der Waals surface area contributed by atoms with E-state index in [4.69, 9.17) is 4.84 Å². The fourth-order valence-corrected chi connectivity index (χ4v) is 4.14. The van der Waals surface area contributed by atoms with Crippen molar-refractivity contribution in [3.8, 4) is 0 Å². The lowest BCUT2D eigenvalue weighted by Gasteiger charge is -2.32. The maximum atomic E-state index is 13.8. The van der Waals surface area contributed by atoms with Crippen LogP contribution in [0.3, 0.4) is 0 Å². The van der Waals surface area contributed by atoms with Crippen LogP contribution in [0.5, 0.6) is 0 Å². The van der Waals surface area contributed by atoms with Gasteiger partial charge in [0, 0.05) is 23.9 Å². The predicted molar refractivity (Wildman–Crippen MR) is 122 cm³/mol. The smallest absolute Gasteiger partial charge is 0.212 e. The van der Waals surface area contributed by atoms with Gasteiger partial charge in [0.15, 0.2) is 11.6 Å². The third-order valence-corrected chi connectivity index (χ3v) is 5.96. The van der Waals surface area contributed by atoms with Crippen molar-refractivity contribution in [3.05, 3.63) is 101 Å². The summed E-state index contributed by atoms with van der Waals surface area (Å²) >= 11 is 0. The summed E-state index contributed by atoms with van der Waals surface area (Å²) < 4.78 is 52.6. The van der Waals surface area contributed by atoms with Gasteiger partial charge in [0.2, 0.25) is 5.95 Å². The van der Waals surface area contributed by atoms with E-state index in [1.54, 1.807) is 6.20 Å². The molecule has 8 heteroatoms. The summed E-state index contributed by atoms with van der Waals surface area (Å²) in [6.07, 6.45) is 3.58. The van der Waals surface area contributed by atoms with Crippen molar-refractivity contribution in [1.82, 2.24) is 9.88 Å². The van der Waals surface area contributed by atoms with Crippen LogP contribution in [-0.4, -0.2) is 42.0 Å². The predicted octanol–water partition coefficient (Wildman–Crippen LogP) is 5.62. The van der Waals surface area contributed by atoms with Crippen LogP contribution in [0.15, 0.2) is 65.9 Å². The van der Waals surface area contributed by atoms with Crippen LogP contribution >= 0.6 is 0 Å². The summed E-state index contributed by atoms with van der Waals surface area (Å²) in [5, 5.41) is 3.96. The molecular weight excluding hydrogens is 446 g/mol. The average Bonchev–Trinajstić information content (AvgIpc) is 2.85. The number of alkyl halides is 1. The molecule has 0 amide bonds. The van der Waals surface area contributed by atoms with Crippen molar-refractivity contribution in [1.29, 1.82) is 0 Å². The number of aromatic nitrogens is 1. The van der Waals surface area contributed by atoms with Gasteiger partial charge in [-0.2, -0.15) is 4.39 Å². The van der Waals surface area contributed by atoms with Crippen LogP contribution in [0.4, 0.5) is 17.6 Å². The number of nitrogens with zero attached hydrogens (tertiary/aromatic N) is 3. The molecule has 3 aromatic rings. The molecule has 1 fully saturated rings. The molecule has 4 nitrogen and oxygen atoms in total. The van der Waals surface area contributed by atoms with Crippen LogP contribution in [0.2, 0.25) is 0 Å². The number of pyridine rings is 1. The molecule has 1 aromatic heterocycles. The molecule has 0 spiro atoms. The van der Waals surface area contributed by atoms with Crippen molar-refractivity contribution < 1.29 is 22.4 Å². The van der Waals surface area contributed by atoms with E-state index in [0.717, 1.165) is 55.7 Å². The quantitative estimate of drug-likeness (QED) is 0.141. The van der Waals surface area contributed by atoms with E-state index >= 15 is 0 Å². The SMILES string of the molecule is FCCO/N=C(/c1ccc(CN2CCC(c3ccc(F)nc3)CC2)cc1)c1ccc(F)c(F)c1. The van der Waals surface area contributed by atoms with Gasteiger partial charge in [0.25, 0.3) is 0 Å². The number of likely N-dealkylation sites (tertiary alicyclic amines) is 1. The van der Waals surface area contributed by atoms with Crippen LogP contribution < -0.4 is 0 Å². The lowest BCUT2D eigenvalue weighted by atomic mass is 9.90. The molecule has 1 saturated heterocycles. The van der Waals surface area contributed by atoms with Gasteiger partial charge in [-0.15, -0.1) is 0 Å². The number of hydrogen-bond donors (Lipinski definition) is 0. The molecule has 178 valence electrons. The van der Waals surface area contributed by atoms with Crippen molar-refractivity contribution in [3.63, 3.8) is 0 Å². The van der Waals surface area contributed by atoms with Gasteiger partial charge in [-0.05, 0) is 67.2 Å². The summed E-state index contributed by atoms with van der Waals surface area (Å²) in [5.41, 5.74) is 3.45. The Hall–Kier alpha value is -3.26. The van der Waals surface area contributed by atoms with E-state index in [9.17, 15) is 17.6 Å². The molecule has 1 aliphatic heterocycles. The molecule has 2 heterocycles. The Labute approximate surface area is 195 Å². The maximum absolute atomic E-state index is 13.8. The first-order valence-corrected chi connectivity index (χ1v) is 11.2. The van der Waals surface area contributed by atoms with Crippen molar-refractivity contribution >= 4 is 5.71 Å². The first-order chi connectivity index (χ1) is 16.5. The molecule has 0 radical (unpaired) electrons. The van der Waals surface area contributed by atoms with Crippen LogP contribution in [0.25, 0.3) is 0 Å². The standard InChI is InChI=1S/C26H25F4N3O/c27-11-14-34-32-26(21-5-7-23(28)24(29)15-21)20-3-1-18(2-4-20)17-33-12-9-19(10-13-33)22-6-8-25(30)31-16-22/h1-8,15-16,19H,9-14,17H2/b32-26-. The van der Waals surface area contributed by atoms with Gasteiger partial charge in [0.1, 0.15) is 19.0 Å². The Morgan fingerprint density at radius 3 is 2.32 bits per heavy atom. The van der Waals surface area contributed by atoms with Gasteiger partial charge in [-0.25, -0.2) is 18.2 Å². The van der Waals surface area contributed by atoms with Gasteiger partial charge < -0.3 is 4.84 Å². The van der Waals surface area contributed by atoms with Crippen molar-refractivity contribution in [2.75, 3.05) is 26.4 Å². The molecule has 2 aromatic carbocycles. The van der Waals surface area contributed by atoms with Crippen molar-refractivity contribution in [2.45, 2.75) is 25.3 Å².